The van der Waals surface area contributed by atoms with E-state index in [2.05, 4.69) is 5.32 Å². The fourth-order valence-electron chi connectivity index (χ4n) is 3.13. The number of anilines is 1. The summed E-state index contributed by atoms with van der Waals surface area (Å²) in [5.41, 5.74) is 1.02. The van der Waals surface area contributed by atoms with Crippen molar-refractivity contribution < 1.29 is 22.8 Å². The van der Waals surface area contributed by atoms with Gasteiger partial charge in [-0.1, -0.05) is 12.1 Å². The Hall–Kier alpha value is -2.48. The highest BCUT2D eigenvalue weighted by molar-refractivity contribution is 8.00. The third-order valence-electron chi connectivity index (χ3n) is 4.74. The molecule has 0 saturated heterocycles. The summed E-state index contributed by atoms with van der Waals surface area (Å²) < 4.78 is 38.2. The van der Waals surface area contributed by atoms with Crippen LogP contribution < -0.4 is 5.32 Å². The maximum absolute atomic E-state index is 13.1. The van der Waals surface area contributed by atoms with E-state index in [-0.39, 0.29) is 24.4 Å². The first-order valence-corrected chi connectivity index (χ1v) is 9.83. The summed E-state index contributed by atoms with van der Waals surface area (Å²) in [5.74, 6) is 0.0588. The standard InChI is InChI=1S/C20H17F3N2O2S/c21-20(22,23)14-4-1-12(2-5-14)10-25(15-6-7-15)19(27)13-3-8-17-16(9-13)24-18(26)11-28-17/h1-5,8-9,15H,6-7,10-11H2,(H,24,26). The van der Waals surface area contributed by atoms with Gasteiger partial charge in [-0.15, -0.1) is 11.8 Å². The van der Waals surface area contributed by atoms with E-state index in [1.807, 2.05) is 6.07 Å². The molecule has 146 valence electrons. The first-order valence-electron chi connectivity index (χ1n) is 8.85. The van der Waals surface area contributed by atoms with Gasteiger partial charge in [0, 0.05) is 23.0 Å². The number of amides is 2. The van der Waals surface area contributed by atoms with E-state index < -0.39 is 11.7 Å². The second-order valence-corrected chi connectivity index (χ2v) is 7.92. The fourth-order valence-corrected chi connectivity index (χ4v) is 3.92. The minimum Gasteiger partial charge on any atom is -0.331 e. The molecule has 1 aliphatic heterocycles. The number of hydrogen-bond acceptors (Lipinski definition) is 3. The van der Waals surface area contributed by atoms with Crippen molar-refractivity contribution >= 4 is 29.3 Å². The Morgan fingerprint density at radius 2 is 1.86 bits per heavy atom. The molecule has 2 aliphatic rings. The summed E-state index contributed by atoms with van der Waals surface area (Å²) in [4.78, 5) is 27.3. The molecule has 8 heteroatoms. The Balaban J connectivity index is 1.54. The van der Waals surface area contributed by atoms with Gasteiger partial charge in [-0.05, 0) is 48.7 Å². The van der Waals surface area contributed by atoms with Crippen LogP contribution in [0.4, 0.5) is 18.9 Å². The molecule has 0 radical (unpaired) electrons. The fraction of sp³-hybridized carbons (Fsp3) is 0.300. The van der Waals surface area contributed by atoms with Crippen LogP contribution in [0.25, 0.3) is 0 Å². The van der Waals surface area contributed by atoms with Crippen LogP contribution in [0.3, 0.4) is 0 Å². The molecular formula is C20H17F3N2O2S. The smallest absolute Gasteiger partial charge is 0.331 e. The van der Waals surface area contributed by atoms with Gasteiger partial charge in [0.05, 0.1) is 17.0 Å². The molecule has 1 heterocycles. The predicted molar refractivity (Wildman–Crippen MR) is 100 cm³/mol. The van der Waals surface area contributed by atoms with Crippen LogP contribution in [0.1, 0.15) is 34.3 Å². The highest BCUT2D eigenvalue weighted by Crippen LogP contribution is 2.35. The number of alkyl halides is 3. The molecule has 0 spiro atoms. The molecule has 28 heavy (non-hydrogen) atoms. The van der Waals surface area contributed by atoms with E-state index in [9.17, 15) is 22.8 Å². The molecule has 2 aromatic rings. The Labute approximate surface area is 164 Å². The third kappa shape index (κ3) is 4.01. The van der Waals surface area contributed by atoms with Crippen molar-refractivity contribution in [3.63, 3.8) is 0 Å². The van der Waals surface area contributed by atoms with Crippen molar-refractivity contribution in [3.05, 3.63) is 59.2 Å². The number of rotatable bonds is 4. The minimum absolute atomic E-state index is 0.0924. The van der Waals surface area contributed by atoms with Crippen molar-refractivity contribution in [2.24, 2.45) is 0 Å². The van der Waals surface area contributed by atoms with Crippen LogP contribution in [-0.2, 0) is 17.5 Å². The van der Waals surface area contributed by atoms with Crippen LogP contribution in [0.5, 0.6) is 0 Å². The van der Waals surface area contributed by atoms with Crippen LogP contribution in [0.15, 0.2) is 47.4 Å². The Morgan fingerprint density at radius 3 is 2.50 bits per heavy atom. The number of nitrogens with one attached hydrogen (secondary N) is 1. The number of carbonyl (C=O) groups excluding carboxylic acids is 2. The van der Waals surface area contributed by atoms with E-state index in [1.54, 1.807) is 17.0 Å². The lowest BCUT2D eigenvalue weighted by molar-refractivity contribution is -0.137. The lowest BCUT2D eigenvalue weighted by Crippen LogP contribution is -2.32. The number of benzene rings is 2. The first-order chi connectivity index (χ1) is 13.3. The molecule has 0 unspecified atom stereocenters. The largest absolute Gasteiger partial charge is 0.416 e. The van der Waals surface area contributed by atoms with Gasteiger partial charge in [0.15, 0.2) is 0 Å². The molecule has 2 amide bonds. The maximum Gasteiger partial charge on any atom is 0.416 e. The van der Waals surface area contributed by atoms with Crippen LogP contribution in [0.2, 0.25) is 0 Å². The number of hydrogen-bond donors (Lipinski definition) is 1. The van der Waals surface area contributed by atoms with E-state index in [0.29, 0.717) is 22.6 Å². The van der Waals surface area contributed by atoms with Gasteiger partial charge in [0.1, 0.15) is 0 Å². The summed E-state index contributed by atoms with van der Waals surface area (Å²) in [7, 11) is 0. The second-order valence-electron chi connectivity index (χ2n) is 6.91. The van der Waals surface area contributed by atoms with Crippen LogP contribution in [-0.4, -0.2) is 28.5 Å². The minimum atomic E-state index is -4.38. The molecule has 4 nitrogen and oxygen atoms in total. The molecular weight excluding hydrogens is 389 g/mol. The molecule has 1 fully saturated rings. The van der Waals surface area contributed by atoms with Gasteiger partial charge in [-0.25, -0.2) is 0 Å². The zero-order valence-electron chi connectivity index (χ0n) is 14.8. The van der Waals surface area contributed by atoms with E-state index >= 15 is 0 Å². The zero-order chi connectivity index (χ0) is 19.9. The summed E-state index contributed by atoms with van der Waals surface area (Å²) in [6, 6.07) is 10.2. The number of thioether (sulfide) groups is 1. The van der Waals surface area contributed by atoms with Gasteiger partial charge in [0.2, 0.25) is 5.91 Å². The molecule has 1 N–H and O–H groups in total. The highest BCUT2D eigenvalue weighted by atomic mass is 32.2. The Kier molecular flexibility index (Phi) is 4.82. The Morgan fingerprint density at radius 1 is 1.14 bits per heavy atom. The van der Waals surface area contributed by atoms with Gasteiger partial charge in [0.25, 0.3) is 5.91 Å². The number of carbonyl (C=O) groups is 2. The summed E-state index contributed by atoms with van der Waals surface area (Å²) in [5, 5.41) is 2.77. The number of nitrogens with zero attached hydrogens (tertiary/aromatic N) is 1. The summed E-state index contributed by atoms with van der Waals surface area (Å²) >= 11 is 1.42. The molecule has 0 atom stereocenters. The monoisotopic (exact) mass is 406 g/mol. The summed E-state index contributed by atoms with van der Waals surface area (Å²) in [6.45, 7) is 0.250. The highest BCUT2D eigenvalue weighted by Gasteiger charge is 2.34. The number of halogens is 3. The van der Waals surface area contributed by atoms with Gasteiger partial charge in [-0.3, -0.25) is 9.59 Å². The maximum atomic E-state index is 13.1. The molecule has 1 aliphatic carbocycles. The lowest BCUT2D eigenvalue weighted by Gasteiger charge is -2.24. The van der Waals surface area contributed by atoms with Crippen molar-refractivity contribution in [1.82, 2.24) is 4.90 Å². The van der Waals surface area contributed by atoms with Gasteiger partial charge in [-0.2, -0.15) is 13.2 Å². The normalized spacial score (nSPS) is 16.3. The zero-order valence-corrected chi connectivity index (χ0v) is 15.6. The van der Waals surface area contributed by atoms with Gasteiger partial charge >= 0.3 is 6.18 Å². The van der Waals surface area contributed by atoms with Crippen LogP contribution in [0, 0.1) is 0 Å². The van der Waals surface area contributed by atoms with Crippen molar-refractivity contribution in [2.75, 3.05) is 11.1 Å². The lowest BCUT2D eigenvalue weighted by atomic mass is 10.1. The molecule has 4 rings (SSSR count). The topological polar surface area (TPSA) is 49.4 Å². The van der Waals surface area contributed by atoms with Crippen molar-refractivity contribution in [2.45, 2.75) is 36.5 Å². The Bertz CT molecular complexity index is 924. The van der Waals surface area contributed by atoms with Crippen molar-refractivity contribution in [1.29, 1.82) is 0 Å². The molecule has 0 bridgehead atoms. The van der Waals surface area contributed by atoms with E-state index in [0.717, 1.165) is 29.9 Å². The SMILES string of the molecule is O=C1CSc2ccc(C(=O)N(Cc3ccc(C(F)(F)F)cc3)C3CC3)cc2N1. The average molecular weight is 406 g/mol. The van der Waals surface area contributed by atoms with Crippen LogP contribution >= 0.6 is 11.8 Å². The molecule has 1 saturated carbocycles. The van der Waals surface area contributed by atoms with E-state index in [1.165, 1.54) is 23.9 Å². The predicted octanol–water partition coefficient (Wildman–Crippen LogP) is 4.55. The first kappa shape index (κ1) is 18.9. The quantitative estimate of drug-likeness (QED) is 0.810. The number of fused-ring (bicyclic) bond motifs is 1. The van der Waals surface area contributed by atoms with Crippen molar-refractivity contribution in [3.8, 4) is 0 Å². The molecule has 0 aromatic heterocycles. The summed E-state index contributed by atoms with van der Waals surface area (Å²) in [6.07, 6.45) is -2.62. The third-order valence-corrected chi connectivity index (χ3v) is 5.82. The average Bonchev–Trinajstić information content (AvgIpc) is 3.49. The van der Waals surface area contributed by atoms with Gasteiger partial charge < -0.3 is 10.2 Å². The second kappa shape index (κ2) is 7.16. The molecule has 2 aromatic carbocycles. The van der Waals surface area contributed by atoms with E-state index in [4.69, 9.17) is 0 Å².